The van der Waals surface area contributed by atoms with Crippen LogP contribution in [-0.4, -0.2) is 32.8 Å². The van der Waals surface area contributed by atoms with Crippen LogP contribution >= 0.6 is 0 Å². The predicted octanol–water partition coefficient (Wildman–Crippen LogP) is 2.59. The first-order valence-electron chi connectivity index (χ1n) is 6.77. The van der Waals surface area contributed by atoms with Gasteiger partial charge in [0.05, 0.1) is 13.7 Å². The lowest BCUT2D eigenvalue weighted by atomic mass is 10.1. The van der Waals surface area contributed by atoms with Gasteiger partial charge >= 0.3 is 5.97 Å². The van der Waals surface area contributed by atoms with E-state index >= 15 is 0 Å². The third-order valence-corrected chi connectivity index (χ3v) is 2.79. The Morgan fingerprint density at radius 3 is 3.00 bits per heavy atom. The van der Waals surface area contributed by atoms with Crippen molar-refractivity contribution >= 4 is 5.97 Å². The lowest BCUT2D eigenvalue weighted by molar-refractivity contribution is -0.143. The monoisotopic (exact) mass is 292 g/mol. The summed E-state index contributed by atoms with van der Waals surface area (Å²) < 4.78 is 10.3. The van der Waals surface area contributed by atoms with Crippen LogP contribution in [0.5, 0.6) is 5.75 Å². The number of esters is 1. The average molecular weight is 292 g/mol. The number of hydrogen-bond acceptors (Lipinski definition) is 5. The Hall–Kier alpha value is -2.24. The third-order valence-electron chi connectivity index (χ3n) is 2.79. The number of methoxy groups -OCH3 is 1. The Kier molecular flexibility index (Phi) is 7.71. The SMILES string of the molecule is CCOc1cccc(C(NCCCN=[N+]=[N-])C(=O)OC)c1. The van der Waals surface area contributed by atoms with Crippen LogP contribution in [0.3, 0.4) is 0 Å². The van der Waals surface area contributed by atoms with Gasteiger partial charge in [-0.2, -0.15) is 0 Å². The number of hydrogen-bond donors (Lipinski definition) is 1. The van der Waals surface area contributed by atoms with E-state index in [1.165, 1.54) is 7.11 Å². The van der Waals surface area contributed by atoms with Crippen LogP contribution in [0.15, 0.2) is 29.4 Å². The van der Waals surface area contributed by atoms with E-state index in [2.05, 4.69) is 15.3 Å². The number of ether oxygens (including phenoxy) is 2. The van der Waals surface area contributed by atoms with E-state index in [9.17, 15) is 4.79 Å². The van der Waals surface area contributed by atoms with Gasteiger partial charge < -0.3 is 14.8 Å². The van der Waals surface area contributed by atoms with Crippen molar-refractivity contribution in [3.05, 3.63) is 40.3 Å². The van der Waals surface area contributed by atoms with Crippen molar-refractivity contribution in [2.24, 2.45) is 5.11 Å². The first-order chi connectivity index (χ1) is 10.2. The Morgan fingerprint density at radius 2 is 2.33 bits per heavy atom. The lowest BCUT2D eigenvalue weighted by Gasteiger charge is -2.17. The quantitative estimate of drug-likeness (QED) is 0.249. The second-order valence-electron chi connectivity index (χ2n) is 4.22. The number of rotatable bonds is 9. The molecule has 1 aromatic rings. The second kappa shape index (κ2) is 9.63. The van der Waals surface area contributed by atoms with Gasteiger partial charge in [0.2, 0.25) is 0 Å². The fourth-order valence-corrected chi connectivity index (χ4v) is 1.85. The molecule has 0 saturated carbocycles. The first kappa shape index (κ1) is 16.8. The van der Waals surface area contributed by atoms with Gasteiger partial charge in [-0.05, 0) is 43.1 Å². The Labute approximate surface area is 123 Å². The number of nitrogens with zero attached hydrogens (tertiary/aromatic N) is 3. The molecule has 0 fully saturated rings. The second-order valence-corrected chi connectivity index (χ2v) is 4.22. The highest BCUT2D eigenvalue weighted by Gasteiger charge is 2.20. The van der Waals surface area contributed by atoms with Crippen LogP contribution in [0.1, 0.15) is 24.9 Å². The molecule has 7 nitrogen and oxygen atoms in total. The summed E-state index contributed by atoms with van der Waals surface area (Å²) in [6.07, 6.45) is 0.642. The summed E-state index contributed by atoms with van der Waals surface area (Å²) in [6, 6.07) is 6.75. The predicted molar refractivity (Wildman–Crippen MR) is 79.0 cm³/mol. The maximum absolute atomic E-state index is 11.9. The van der Waals surface area contributed by atoms with E-state index in [0.717, 1.165) is 5.56 Å². The summed E-state index contributed by atoms with van der Waals surface area (Å²) in [7, 11) is 1.35. The number of carbonyl (C=O) groups excluding carboxylic acids is 1. The number of benzene rings is 1. The van der Waals surface area contributed by atoms with Crippen molar-refractivity contribution in [3.63, 3.8) is 0 Å². The highest BCUT2D eigenvalue weighted by Crippen LogP contribution is 2.20. The van der Waals surface area contributed by atoms with Gasteiger partial charge in [0.15, 0.2) is 0 Å². The van der Waals surface area contributed by atoms with Crippen LogP contribution in [0.25, 0.3) is 10.4 Å². The topological polar surface area (TPSA) is 96.3 Å². The molecule has 0 aliphatic carbocycles. The Balaban J connectivity index is 2.74. The average Bonchev–Trinajstić information content (AvgIpc) is 2.51. The molecule has 0 aromatic heterocycles. The van der Waals surface area contributed by atoms with Crippen molar-refractivity contribution in [2.75, 3.05) is 26.8 Å². The molecule has 0 aliphatic heterocycles. The van der Waals surface area contributed by atoms with Gasteiger partial charge in [0.25, 0.3) is 0 Å². The van der Waals surface area contributed by atoms with E-state index in [4.69, 9.17) is 15.0 Å². The molecule has 0 saturated heterocycles. The summed E-state index contributed by atoms with van der Waals surface area (Å²) >= 11 is 0. The van der Waals surface area contributed by atoms with Gasteiger partial charge in [-0.25, -0.2) is 4.79 Å². The standard InChI is InChI=1S/C14H20N4O3/c1-3-21-12-7-4-6-11(10-12)13(14(19)20-2)16-8-5-9-17-18-15/h4,6-7,10,13,16H,3,5,8-9H2,1-2H3. The molecule has 1 N–H and O–H groups in total. The van der Waals surface area contributed by atoms with Crippen LogP contribution in [0, 0.1) is 0 Å². The van der Waals surface area contributed by atoms with Crippen molar-refractivity contribution in [3.8, 4) is 5.75 Å². The summed E-state index contributed by atoms with van der Waals surface area (Å²) in [6.45, 7) is 3.39. The number of nitrogens with one attached hydrogen (secondary N) is 1. The van der Waals surface area contributed by atoms with Crippen molar-refractivity contribution < 1.29 is 14.3 Å². The molecule has 1 aromatic carbocycles. The van der Waals surface area contributed by atoms with E-state index in [1.807, 2.05) is 31.2 Å². The van der Waals surface area contributed by atoms with Crippen LogP contribution in [0.2, 0.25) is 0 Å². The summed E-state index contributed by atoms with van der Waals surface area (Å²) in [4.78, 5) is 14.6. The minimum absolute atomic E-state index is 0.368. The largest absolute Gasteiger partial charge is 0.494 e. The highest BCUT2D eigenvalue weighted by atomic mass is 16.5. The van der Waals surface area contributed by atoms with Crippen LogP contribution < -0.4 is 10.1 Å². The van der Waals surface area contributed by atoms with Gasteiger partial charge in [0, 0.05) is 11.5 Å². The molecule has 1 unspecified atom stereocenters. The summed E-state index contributed by atoms with van der Waals surface area (Å²) in [5, 5.41) is 6.55. The minimum atomic E-state index is -0.568. The maximum atomic E-state index is 11.9. The van der Waals surface area contributed by atoms with E-state index in [-0.39, 0.29) is 5.97 Å². The fourth-order valence-electron chi connectivity index (χ4n) is 1.85. The molecular weight excluding hydrogens is 272 g/mol. The maximum Gasteiger partial charge on any atom is 0.327 e. The molecule has 0 bridgehead atoms. The minimum Gasteiger partial charge on any atom is -0.494 e. The zero-order chi connectivity index (χ0) is 15.5. The van der Waals surface area contributed by atoms with Crippen LogP contribution in [0.4, 0.5) is 0 Å². The van der Waals surface area contributed by atoms with Crippen molar-refractivity contribution in [1.82, 2.24) is 5.32 Å². The zero-order valence-corrected chi connectivity index (χ0v) is 12.3. The Morgan fingerprint density at radius 1 is 1.52 bits per heavy atom. The molecular formula is C14H20N4O3. The molecule has 114 valence electrons. The smallest absolute Gasteiger partial charge is 0.327 e. The fraction of sp³-hybridized carbons (Fsp3) is 0.500. The summed E-state index contributed by atoms with van der Waals surface area (Å²) in [5.74, 6) is 0.340. The van der Waals surface area contributed by atoms with Gasteiger partial charge in [0.1, 0.15) is 11.8 Å². The molecule has 0 aliphatic rings. The van der Waals surface area contributed by atoms with Crippen molar-refractivity contribution in [2.45, 2.75) is 19.4 Å². The third kappa shape index (κ3) is 5.72. The normalized spacial score (nSPS) is 11.3. The molecule has 1 rings (SSSR count). The molecule has 1 atom stereocenters. The zero-order valence-electron chi connectivity index (χ0n) is 12.3. The van der Waals surface area contributed by atoms with E-state index in [1.54, 1.807) is 0 Å². The molecule has 0 spiro atoms. The molecule has 0 radical (unpaired) electrons. The highest BCUT2D eigenvalue weighted by molar-refractivity contribution is 5.77. The Bertz CT molecular complexity index is 501. The van der Waals surface area contributed by atoms with E-state index in [0.29, 0.717) is 31.9 Å². The number of azide groups is 1. The molecule has 0 heterocycles. The first-order valence-corrected chi connectivity index (χ1v) is 6.77. The van der Waals surface area contributed by atoms with Crippen molar-refractivity contribution in [1.29, 1.82) is 0 Å². The van der Waals surface area contributed by atoms with Gasteiger partial charge in [-0.15, -0.1) is 0 Å². The molecule has 7 heteroatoms. The van der Waals surface area contributed by atoms with Crippen LogP contribution in [-0.2, 0) is 9.53 Å². The van der Waals surface area contributed by atoms with Gasteiger partial charge in [-0.1, -0.05) is 17.2 Å². The van der Waals surface area contributed by atoms with Gasteiger partial charge in [-0.3, -0.25) is 0 Å². The summed E-state index contributed by atoms with van der Waals surface area (Å²) in [5.41, 5.74) is 8.98. The molecule has 0 amide bonds. The lowest BCUT2D eigenvalue weighted by Crippen LogP contribution is -2.30. The van der Waals surface area contributed by atoms with E-state index < -0.39 is 6.04 Å². The number of carbonyl (C=O) groups is 1. The molecule has 21 heavy (non-hydrogen) atoms.